The van der Waals surface area contributed by atoms with Crippen LogP contribution in [0.15, 0.2) is 138 Å². The van der Waals surface area contributed by atoms with Crippen molar-refractivity contribution in [2.24, 2.45) is 0 Å². The van der Waals surface area contributed by atoms with Gasteiger partial charge in [0.25, 0.3) is 0 Å². The molecule has 0 radical (unpaired) electrons. The minimum atomic E-state index is 0.103. The van der Waals surface area contributed by atoms with E-state index in [4.69, 9.17) is 0 Å². The van der Waals surface area contributed by atoms with Crippen molar-refractivity contribution in [3.05, 3.63) is 144 Å². The fraction of sp³-hybridized carbons (Fsp3) is 0. The van der Waals surface area contributed by atoms with Gasteiger partial charge in [0.15, 0.2) is 5.43 Å². The van der Waals surface area contributed by atoms with Crippen LogP contribution in [-0.2, 0) is 0 Å². The molecule has 42 heavy (non-hydrogen) atoms. The second-order valence-electron chi connectivity index (χ2n) is 11.5. The third kappa shape index (κ3) is 2.62. The smallest absolute Gasteiger partial charge is 0.194 e. The summed E-state index contributed by atoms with van der Waals surface area (Å²) in [6, 6.07) is 47.5. The summed E-state index contributed by atoms with van der Waals surface area (Å²) in [5.41, 5.74) is 2.52. The molecule has 0 saturated carbocycles. The number of fused-ring (bicyclic) bond motifs is 9. The lowest BCUT2D eigenvalue weighted by Gasteiger charge is -2.18. The van der Waals surface area contributed by atoms with E-state index in [-0.39, 0.29) is 5.43 Å². The van der Waals surface area contributed by atoms with Crippen molar-refractivity contribution < 1.29 is 0 Å². The van der Waals surface area contributed by atoms with E-state index in [0.29, 0.717) is 0 Å². The van der Waals surface area contributed by atoms with Crippen molar-refractivity contribution in [3.8, 4) is 11.1 Å². The predicted molar refractivity (Wildman–Crippen MR) is 181 cm³/mol. The van der Waals surface area contributed by atoms with Crippen LogP contribution in [0.3, 0.4) is 0 Å². The highest BCUT2D eigenvalue weighted by Crippen LogP contribution is 2.52. The molecule has 0 atom stereocenters. The summed E-state index contributed by atoms with van der Waals surface area (Å²) in [5.74, 6) is 0. The van der Waals surface area contributed by atoms with Gasteiger partial charge < -0.3 is 0 Å². The van der Waals surface area contributed by atoms with Gasteiger partial charge in [0.2, 0.25) is 0 Å². The summed E-state index contributed by atoms with van der Waals surface area (Å²) in [6.07, 6.45) is 0. The molecule has 10 aromatic carbocycles. The molecule has 0 aliphatic heterocycles. The zero-order valence-electron chi connectivity index (χ0n) is 22.6. The molecule has 0 bridgehead atoms. The molecule has 0 fully saturated rings. The molecule has 0 aliphatic rings. The third-order valence-corrected chi connectivity index (χ3v) is 9.50. The number of rotatable bonds is 1. The van der Waals surface area contributed by atoms with E-state index in [9.17, 15) is 4.79 Å². The zero-order valence-corrected chi connectivity index (χ0v) is 22.6. The van der Waals surface area contributed by atoms with Gasteiger partial charge in [0, 0.05) is 26.9 Å². The van der Waals surface area contributed by atoms with E-state index in [1.165, 1.54) is 59.6 Å². The van der Waals surface area contributed by atoms with E-state index in [1.54, 1.807) is 0 Å². The zero-order chi connectivity index (χ0) is 27.5. The molecule has 192 valence electrons. The Morgan fingerprint density at radius 2 is 0.810 bits per heavy atom. The fourth-order valence-electron chi connectivity index (χ4n) is 7.87. The Balaban J connectivity index is 1.64. The Morgan fingerprint density at radius 1 is 0.286 bits per heavy atom. The van der Waals surface area contributed by atoms with Gasteiger partial charge in [-0.3, -0.25) is 4.79 Å². The van der Waals surface area contributed by atoms with Gasteiger partial charge in [-0.05, 0) is 76.4 Å². The monoisotopic (exact) mass is 530 g/mol. The molecular weight excluding hydrogens is 508 g/mol. The number of hydrogen-bond donors (Lipinski definition) is 0. The van der Waals surface area contributed by atoms with E-state index in [2.05, 4.69) is 121 Å². The first-order chi connectivity index (χ1) is 20.8. The van der Waals surface area contributed by atoms with Crippen LogP contribution in [0.25, 0.3) is 97.3 Å². The normalized spacial score (nSPS) is 12.4. The molecule has 0 saturated heterocycles. The maximum atomic E-state index is 14.3. The van der Waals surface area contributed by atoms with Gasteiger partial charge in [0.05, 0.1) is 0 Å². The van der Waals surface area contributed by atoms with Crippen molar-refractivity contribution in [2.75, 3.05) is 0 Å². The van der Waals surface area contributed by atoms with E-state index >= 15 is 0 Å². The molecule has 0 unspecified atom stereocenters. The van der Waals surface area contributed by atoms with Crippen LogP contribution in [-0.4, -0.2) is 0 Å². The van der Waals surface area contributed by atoms with Gasteiger partial charge in [-0.25, -0.2) is 0 Å². The van der Waals surface area contributed by atoms with Gasteiger partial charge >= 0.3 is 0 Å². The summed E-state index contributed by atoms with van der Waals surface area (Å²) in [6.45, 7) is 0. The van der Waals surface area contributed by atoms with Gasteiger partial charge in [-0.15, -0.1) is 0 Å². The minimum absolute atomic E-state index is 0.103. The predicted octanol–water partition coefficient (Wildman–Crippen LogP) is 10.8. The fourth-order valence-corrected chi connectivity index (χ4v) is 7.87. The minimum Gasteiger partial charge on any atom is -0.289 e. The van der Waals surface area contributed by atoms with Crippen LogP contribution in [0.5, 0.6) is 0 Å². The molecule has 10 aromatic rings. The standard InChI is InChI=1S/C41H22O/c42-41-32-20-8-19-31-36(28-16-5-11-23-9-1-3-14-26(23)28)38-29-17-6-12-25-13-7-18-30(34(25)29)39(38)40(37(31)32)35-27-15-4-2-10-24(27)21-22-33(35)41/h1-22H. The topological polar surface area (TPSA) is 17.1 Å². The summed E-state index contributed by atoms with van der Waals surface area (Å²) < 4.78 is 0. The first kappa shape index (κ1) is 22.2. The first-order valence-corrected chi connectivity index (χ1v) is 14.5. The molecule has 0 aliphatic carbocycles. The molecule has 0 spiro atoms. The average molecular weight is 531 g/mol. The molecule has 0 amide bonds. The van der Waals surface area contributed by atoms with Crippen LogP contribution in [0.4, 0.5) is 0 Å². The van der Waals surface area contributed by atoms with Gasteiger partial charge in [-0.1, -0.05) is 127 Å². The molecule has 1 heteroatoms. The average Bonchev–Trinajstić information content (AvgIpc) is 3.38. The van der Waals surface area contributed by atoms with Crippen LogP contribution >= 0.6 is 0 Å². The second kappa shape index (κ2) is 7.81. The molecular formula is C41H22O. The van der Waals surface area contributed by atoms with E-state index < -0.39 is 0 Å². The highest BCUT2D eigenvalue weighted by Gasteiger charge is 2.25. The SMILES string of the molecule is O=c1c2cccc3c(-c4cccc5ccccc45)c4c5cccc6cccc(c65)c4c(c32)c2c1ccc1ccccc12. The quantitative estimate of drug-likeness (QED) is 0.152. The summed E-state index contributed by atoms with van der Waals surface area (Å²) in [4.78, 5) is 14.3. The van der Waals surface area contributed by atoms with Crippen LogP contribution in [0, 0.1) is 0 Å². The van der Waals surface area contributed by atoms with E-state index in [1.807, 2.05) is 12.1 Å². The van der Waals surface area contributed by atoms with Gasteiger partial charge in [0.1, 0.15) is 0 Å². The Hall–Kier alpha value is -5.53. The third-order valence-electron chi connectivity index (χ3n) is 9.50. The van der Waals surface area contributed by atoms with Crippen molar-refractivity contribution >= 4 is 86.2 Å². The highest BCUT2D eigenvalue weighted by atomic mass is 16.1. The first-order valence-electron chi connectivity index (χ1n) is 14.5. The molecule has 0 heterocycles. The Kier molecular flexibility index (Phi) is 4.13. The summed E-state index contributed by atoms with van der Waals surface area (Å²) >= 11 is 0. The van der Waals surface area contributed by atoms with Gasteiger partial charge in [-0.2, -0.15) is 0 Å². The molecule has 10 rings (SSSR count). The van der Waals surface area contributed by atoms with Crippen molar-refractivity contribution in [1.29, 1.82) is 0 Å². The summed E-state index contributed by atoms with van der Waals surface area (Å²) in [5, 5.41) is 18.3. The maximum Gasteiger partial charge on any atom is 0.194 e. The van der Waals surface area contributed by atoms with E-state index in [0.717, 1.165) is 37.7 Å². The number of benzene rings is 9. The maximum absolute atomic E-state index is 14.3. The Bertz CT molecular complexity index is 2800. The number of hydrogen-bond acceptors (Lipinski definition) is 1. The highest BCUT2D eigenvalue weighted by molar-refractivity contribution is 6.47. The second-order valence-corrected chi connectivity index (χ2v) is 11.5. The van der Waals surface area contributed by atoms with Crippen LogP contribution in [0.2, 0.25) is 0 Å². The Morgan fingerprint density at radius 3 is 1.64 bits per heavy atom. The summed E-state index contributed by atoms with van der Waals surface area (Å²) in [7, 11) is 0. The van der Waals surface area contributed by atoms with Crippen molar-refractivity contribution in [1.82, 2.24) is 0 Å². The largest absolute Gasteiger partial charge is 0.289 e. The lowest BCUT2D eigenvalue weighted by molar-refractivity contribution is 1.72. The molecule has 0 N–H and O–H groups in total. The lowest BCUT2D eigenvalue weighted by atomic mass is 9.84. The van der Waals surface area contributed by atoms with Crippen molar-refractivity contribution in [3.63, 3.8) is 0 Å². The van der Waals surface area contributed by atoms with Crippen LogP contribution < -0.4 is 5.43 Å². The Labute approximate surface area is 240 Å². The molecule has 1 nitrogen and oxygen atoms in total. The lowest BCUT2D eigenvalue weighted by Crippen LogP contribution is -2.04. The molecule has 0 aromatic heterocycles. The van der Waals surface area contributed by atoms with Crippen LogP contribution in [0.1, 0.15) is 0 Å². The van der Waals surface area contributed by atoms with Crippen molar-refractivity contribution in [2.45, 2.75) is 0 Å².